The van der Waals surface area contributed by atoms with E-state index in [1.807, 2.05) is 54.6 Å². The number of aromatic nitrogens is 1. The molecule has 3 aromatic rings. The molecular weight excluding hydrogens is 344 g/mol. The number of para-hydroxylation sites is 1. The van der Waals surface area contributed by atoms with Crippen molar-refractivity contribution in [3.63, 3.8) is 0 Å². The van der Waals surface area contributed by atoms with Crippen LogP contribution in [0.15, 0.2) is 70.8 Å². The summed E-state index contributed by atoms with van der Waals surface area (Å²) < 4.78 is 12.3. The molecule has 4 rings (SSSR count). The van der Waals surface area contributed by atoms with Crippen LogP contribution in [-0.4, -0.2) is 17.6 Å². The SMILES string of the molecule is COC(=O)C1=C(N)Oc2c(c(=O)n(C)c3ccccc23)C1c1ccccc1. The van der Waals surface area contributed by atoms with E-state index < -0.39 is 11.9 Å². The van der Waals surface area contributed by atoms with Gasteiger partial charge < -0.3 is 19.8 Å². The molecule has 0 saturated carbocycles. The van der Waals surface area contributed by atoms with Gasteiger partial charge in [0.1, 0.15) is 11.3 Å². The number of nitrogens with two attached hydrogens (primary N) is 1. The Morgan fingerprint density at radius 2 is 1.78 bits per heavy atom. The van der Waals surface area contributed by atoms with Crippen LogP contribution in [0.25, 0.3) is 10.9 Å². The molecule has 1 aliphatic rings. The van der Waals surface area contributed by atoms with E-state index in [2.05, 4.69) is 0 Å². The van der Waals surface area contributed by atoms with Crippen molar-refractivity contribution in [2.75, 3.05) is 7.11 Å². The molecule has 0 amide bonds. The molecule has 0 aliphatic carbocycles. The summed E-state index contributed by atoms with van der Waals surface area (Å²) in [5, 5.41) is 0.752. The van der Waals surface area contributed by atoms with Gasteiger partial charge in [0, 0.05) is 12.4 Å². The highest BCUT2D eigenvalue weighted by Crippen LogP contribution is 2.43. The maximum absolute atomic E-state index is 13.2. The van der Waals surface area contributed by atoms with Gasteiger partial charge in [-0.25, -0.2) is 4.79 Å². The monoisotopic (exact) mass is 362 g/mol. The molecule has 0 fully saturated rings. The first-order valence-corrected chi connectivity index (χ1v) is 8.47. The fraction of sp³-hybridized carbons (Fsp3) is 0.143. The van der Waals surface area contributed by atoms with Gasteiger partial charge in [0.05, 0.1) is 24.1 Å². The van der Waals surface area contributed by atoms with Gasteiger partial charge in [-0.15, -0.1) is 0 Å². The molecule has 0 radical (unpaired) electrons. The van der Waals surface area contributed by atoms with Gasteiger partial charge in [-0.1, -0.05) is 42.5 Å². The molecule has 2 N–H and O–H groups in total. The van der Waals surface area contributed by atoms with Gasteiger partial charge in [-0.2, -0.15) is 0 Å². The lowest BCUT2D eigenvalue weighted by atomic mass is 9.83. The van der Waals surface area contributed by atoms with Crippen LogP contribution in [0.1, 0.15) is 17.0 Å². The zero-order chi connectivity index (χ0) is 19.1. The van der Waals surface area contributed by atoms with E-state index >= 15 is 0 Å². The molecule has 0 saturated heterocycles. The van der Waals surface area contributed by atoms with Gasteiger partial charge in [0.15, 0.2) is 0 Å². The summed E-state index contributed by atoms with van der Waals surface area (Å²) in [6.45, 7) is 0. The normalized spacial score (nSPS) is 16.0. The van der Waals surface area contributed by atoms with Crippen molar-refractivity contribution in [1.82, 2.24) is 4.57 Å². The third kappa shape index (κ3) is 2.49. The largest absolute Gasteiger partial charge is 0.465 e. The van der Waals surface area contributed by atoms with Gasteiger partial charge in [-0.3, -0.25) is 4.79 Å². The van der Waals surface area contributed by atoms with E-state index in [0.717, 1.165) is 16.5 Å². The van der Waals surface area contributed by atoms with Crippen LogP contribution in [0.3, 0.4) is 0 Å². The molecule has 0 bridgehead atoms. The average molecular weight is 362 g/mol. The van der Waals surface area contributed by atoms with E-state index in [1.165, 1.54) is 7.11 Å². The second-order valence-electron chi connectivity index (χ2n) is 6.34. The lowest BCUT2D eigenvalue weighted by Crippen LogP contribution is -2.33. The van der Waals surface area contributed by atoms with Gasteiger partial charge in [0.2, 0.25) is 5.88 Å². The van der Waals surface area contributed by atoms with Gasteiger partial charge in [0.25, 0.3) is 5.56 Å². The highest BCUT2D eigenvalue weighted by atomic mass is 16.5. The molecule has 2 aromatic carbocycles. The summed E-state index contributed by atoms with van der Waals surface area (Å²) in [7, 11) is 2.98. The molecule has 1 aliphatic heterocycles. The first kappa shape index (κ1) is 16.9. The zero-order valence-corrected chi connectivity index (χ0v) is 14.9. The number of benzene rings is 2. The number of hydrogen-bond acceptors (Lipinski definition) is 5. The van der Waals surface area contributed by atoms with E-state index in [9.17, 15) is 9.59 Å². The minimum atomic E-state index is -0.675. The van der Waals surface area contributed by atoms with Gasteiger partial charge >= 0.3 is 5.97 Å². The Hall–Kier alpha value is -3.54. The zero-order valence-electron chi connectivity index (χ0n) is 14.9. The topological polar surface area (TPSA) is 83.6 Å². The lowest BCUT2D eigenvalue weighted by molar-refractivity contribution is -0.136. The first-order valence-electron chi connectivity index (χ1n) is 8.47. The van der Waals surface area contributed by atoms with Crippen LogP contribution in [0.2, 0.25) is 0 Å². The number of carbonyl (C=O) groups excluding carboxylic acids is 1. The molecular formula is C21H18N2O4. The first-order chi connectivity index (χ1) is 13.0. The summed E-state index contributed by atoms with van der Waals surface area (Å²) in [5.41, 5.74) is 7.87. The van der Waals surface area contributed by atoms with Crippen molar-refractivity contribution in [1.29, 1.82) is 0 Å². The molecule has 1 atom stereocenters. The number of ether oxygens (including phenoxy) is 2. The molecule has 136 valence electrons. The summed E-state index contributed by atoms with van der Waals surface area (Å²) in [6, 6.07) is 16.7. The average Bonchev–Trinajstić information content (AvgIpc) is 2.71. The number of rotatable bonds is 2. The smallest absolute Gasteiger partial charge is 0.340 e. The minimum Gasteiger partial charge on any atom is -0.465 e. The van der Waals surface area contributed by atoms with Gasteiger partial charge in [-0.05, 0) is 17.7 Å². The van der Waals surface area contributed by atoms with Crippen molar-refractivity contribution in [3.8, 4) is 5.75 Å². The fourth-order valence-electron chi connectivity index (χ4n) is 3.61. The van der Waals surface area contributed by atoms with Crippen LogP contribution in [0.4, 0.5) is 0 Å². The third-order valence-corrected chi connectivity index (χ3v) is 4.88. The van der Waals surface area contributed by atoms with Crippen molar-refractivity contribution in [2.24, 2.45) is 12.8 Å². The molecule has 27 heavy (non-hydrogen) atoms. The van der Waals surface area contributed by atoms with Crippen LogP contribution < -0.4 is 16.0 Å². The number of carbonyl (C=O) groups is 1. The Morgan fingerprint density at radius 3 is 2.48 bits per heavy atom. The predicted octanol–water partition coefficient (Wildman–Crippen LogP) is 2.41. The number of nitrogens with zero attached hydrogens (tertiary/aromatic N) is 1. The summed E-state index contributed by atoms with van der Waals surface area (Å²) in [6.07, 6.45) is 0. The van der Waals surface area contributed by atoms with Crippen molar-refractivity contribution in [3.05, 3.63) is 87.5 Å². The van der Waals surface area contributed by atoms with Crippen molar-refractivity contribution >= 4 is 16.9 Å². The molecule has 6 nitrogen and oxygen atoms in total. The maximum atomic E-state index is 13.2. The Morgan fingerprint density at radius 1 is 1.11 bits per heavy atom. The van der Waals surface area contributed by atoms with E-state index in [1.54, 1.807) is 11.6 Å². The Balaban J connectivity index is 2.13. The van der Waals surface area contributed by atoms with Crippen molar-refractivity contribution in [2.45, 2.75) is 5.92 Å². The number of hydrogen-bond donors (Lipinski definition) is 1. The van der Waals surface area contributed by atoms with Crippen LogP contribution in [0.5, 0.6) is 5.75 Å². The quantitative estimate of drug-likeness (QED) is 0.708. The number of fused-ring (bicyclic) bond motifs is 3. The van der Waals surface area contributed by atoms with E-state index in [4.69, 9.17) is 15.2 Å². The summed E-state index contributed by atoms with van der Waals surface area (Å²) in [4.78, 5) is 25.7. The Kier molecular flexibility index (Phi) is 3.96. The van der Waals surface area contributed by atoms with Crippen LogP contribution in [-0.2, 0) is 16.6 Å². The highest BCUT2D eigenvalue weighted by Gasteiger charge is 2.38. The maximum Gasteiger partial charge on any atom is 0.340 e. The molecule has 6 heteroatoms. The second kappa shape index (κ2) is 6.32. The van der Waals surface area contributed by atoms with Crippen molar-refractivity contribution < 1.29 is 14.3 Å². The second-order valence-corrected chi connectivity index (χ2v) is 6.34. The van der Waals surface area contributed by atoms with Crippen LogP contribution >= 0.6 is 0 Å². The van der Waals surface area contributed by atoms with E-state index in [-0.39, 0.29) is 17.0 Å². The minimum absolute atomic E-state index is 0.0541. The summed E-state index contributed by atoms with van der Waals surface area (Å²) >= 11 is 0. The fourth-order valence-corrected chi connectivity index (χ4v) is 3.61. The number of pyridine rings is 1. The Bertz CT molecular complexity index is 1150. The van der Waals surface area contributed by atoms with E-state index in [0.29, 0.717) is 11.3 Å². The number of aryl methyl sites for hydroxylation is 1. The number of methoxy groups -OCH3 is 1. The highest BCUT2D eigenvalue weighted by molar-refractivity contribution is 5.95. The molecule has 1 aromatic heterocycles. The molecule has 0 spiro atoms. The number of esters is 1. The summed E-state index contributed by atoms with van der Waals surface area (Å²) in [5.74, 6) is -0.970. The standard InChI is InChI=1S/C21H18N2O4/c1-23-14-11-7-6-10-13(14)18-16(20(23)24)15(12-8-4-3-5-9-12)17(19(22)27-18)21(25)26-2/h3-11,15H,22H2,1-2H3. The Labute approximate surface area is 155 Å². The lowest BCUT2D eigenvalue weighted by Gasteiger charge is -2.29. The molecule has 1 unspecified atom stereocenters. The molecule has 2 heterocycles. The third-order valence-electron chi connectivity index (χ3n) is 4.88. The predicted molar refractivity (Wildman–Crippen MR) is 101 cm³/mol. The van der Waals surface area contributed by atoms with Crippen LogP contribution in [0, 0.1) is 0 Å².